The molecule has 0 saturated heterocycles. The van der Waals surface area contributed by atoms with E-state index in [4.69, 9.17) is 18.9 Å². The second-order valence-corrected chi connectivity index (χ2v) is 6.38. The van der Waals surface area contributed by atoms with Crippen LogP contribution in [-0.4, -0.2) is 32.6 Å². The molecule has 0 aliphatic heterocycles. The molecule has 1 aromatic heterocycles. The molecular formula is C20H19NO5S. The van der Waals surface area contributed by atoms with Crippen LogP contribution < -0.4 is 18.9 Å². The van der Waals surface area contributed by atoms with Crippen molar-refractivity contribution >= 4 is 17.6 Å². The molecule has 140 valence electrons. The number of hydrogen-bond donors (Lipinski definition) is 0. The van der Waals surface area contributed by atoms with Crippen LogP contribution in [0.1, 0.15) is 16.1 Å². The van der Waals surface area contributed by atoms with Crippen molar-refractivity contribution in [2.45, 2.75) is 6.61 Å². The molecule has 0 spiro atoms. The Morgan fingerprint density at radius 2 is 1.74 bits per heavy atom. The van der Waals surface area contributed by atoms with Gasteiger partial charge in [0.15, 0.2) is 17.8 Å². The summed E-state index contributed by atoms with van der Waals surface area (Å²) in [5.41, 5.74) is 2.14. The molecule has 6 nitrogen and oxygen atoms in total. The first-order valence-corrected chi connectivity index (χ1v) is 8.99. The number of rotatable bonds is 8. The molecule has 1 heterocycles. The molecule has 0 fully saturated rings. The summed E-state index contributed by atoms with van der Waals surface area (Å²) in [4.78, 5) is 15.8. The Labute approximate surface area is 161 Å². The number of thiazole rings is 1. The Morgan fingerprint density at radius 3 is 2.44 bits per heavy atom. The van der Waals surface area contributed by atoms with Gasteiger partial charge in [0.2, 0.25) is 0 Å². The van der Waals surface area contributed by atoms with Crippen LogP contribution in [0.25, 0.3) is 10.6 Å². The molecule has 0 aliphatic carbocycles. The second-order valence-electron chi connectivity index (χ2n) is 5.52. The van der Waals surface area contributed by atoms with Gasteiger partial charge < -0.3 is 18.9 Å². The number of ether oxygens (including phenoxy) is 4. The fourth-order valence-electron chi connectivity index (χ4n) is 2.50. The van der Waals surface area contributed by atoms with Gasteiger partial charge in [-0.05, 0) is 36.4 Å². The number of aromatic nitrogens is 1. The normalized spacial score (nSPS) is 10.3. The minimum atomic E-state index is 0.261. The van der Waals surface area contributed by atoms with E-state index in [1.54, 1.807) is 39.5 Å². The van der Waals surface area contributed by atoms with Crippen molar-refractivity contribution in [1.29, 1.82) is 0 Å². The van der Waals surface area contributed by atoms with Crippen LogP contribution in [0, 0.1) is 0 Å². The zero-order valence-electron chi connectivity index (χ0n) is 15.2. The van der Waals surface area contributed by atoms with Crippen molar-refractivity contribution in [3.8, 4) is 33.6 Å². The monoisotopic (exact) mass is 385 g/mol. The van der Waals surface area contributed by atoms with E-state index in [1.165, 1.54) is 11.3 Å². The first-order valence-electron chi connectivity index (χ1n) is 8.11. The lowest BCUT2D eigenvalue weighted by molar-refractivity contribution is 0.111. The van der Waals surface area contributed by atoms with E-state index in [-0.39, 0.29) is 6.61 Å². The van der Waals surface area contributed by atoms with E-state index >= 15 is 0 Å². The highest BCUT2D eigenvalue weighted by atomic mass is 32.1. The predicted octanol–water partition coefficient (Wildman–Crippen LogP) is 4.23. The van der Waals surface area contributed by atoms with E-state index in [9.17, 15) is 4.79 Å². The summed E-state index contributed by atoms with van der Waals surface area (Å²) in [7, 11) is 4.75. The quantitative estimate of drug-likeness (QED) is 0.541. The number of carbonyl (C=O) groups excluding carboxylic acids is 1. The molecule has 0 bridgehead atoms. The van der Waals surface area contributed by atoms with Crippen molar-refractivity contribution in [2.75, 3.05) is 21.3 Å². The fourth-order valence-corrected chi connectivity index (χ4v) is 3.31. The Morgan fingerprint density at radius 1 is 0.963 bits per heavy atom. The number of carbonyl (C=O) groups is 1. The molecule has 0 saturated carbocycles. The second kappa shape index (κ2) is 8.55. The van der Waals surface area contributed by atoms with Gasteiger partial charge in [-0.15, -0.1) is 11.3 Å². The molecule has 3 aromatic rings. The summed E-state index contributed by atoms with van der Waals surface area (Å²) in [5.74, 6) is 2.42. The van der Waals surface area contributed by atoms with Gasteiger partial charge >= 0.3 is 0 Å². The van der Waals surface area contributed by atoms with Gasteiger partial charge in [-0.1, -0.05) is 0 Å². The van der Waals surface area contributed by atoms with Gasteiger partial charge in [0.1, 0.15) is 23.1 Å². The largest absolute Gasteiger partial charge is 0.497 e. The van der Waals surface area contributed by atoms with Gasteiger partial charge in [-0.2, -0.15) is 0 Å². The Balaban J connectivity index is 1.74. The van der Waals surface area contributed by atoms with Gasteiger partial charge in [0.05, 0.1) is 32.6 Å². The summed E-state index contributed by atoms with van der Waals surface area (Å²) in [5, 5.41) is 2.77. The molecule has 0 radical (unpaired) electrons. The van der Waals surface area contributed by atoms with Crippen LogP contribution in [0.15, 0.2) is 41.8 Å². The third-order valence-corrected chi connectivity index (χ3v) is 4.84. The molecule has 2 aromatic carbocycles. The third kappa shape index (κ3) is 4.20. The molecule has 3 rings (SSSR count). The van der Waals surface area contributed by atoms with E-state index in [2.05, 4.69) is 4.98 Å². The standard InChI is InChI=1S/C20H19NO5S/c1-23-16-5-7-17(14(8-16)10-22)26-11-15-12-27-20(21-15)13-4-6-18(24-2)19(9-13)25-3/h4-10,12H,11H2,1-3H3. The Bertz CT molecular complexity index is 938. The Hall–Kier alpha value is -3.06. The lowest BCUT2D eigenvalue weighted by Gasteiger charge is -2.09. The van der Waals surface area contributed by atoms with Crippen LogP contribution in [-0.2, 0) is 6.61 Å². The maximum absolute atomic E-state index is 11.2. The minimum Gasteiger partial charge on any atom is -0.497 e. The smallest absolute Gasteiger partial charge is 0.161 e. The molecular weight excluding hydrogens is 366 g/mol. The number of methoxy groups -OCH3 is 3. The van der Waals surface area contributed by atoms with E-state index < -0.39 is 0 Å². The number of nitrogens with zero attached hydrogens (tertiary/aromatic N) is 1. The average molecular weight is 385 g/mol. The highest BCUT2D eigenvalue weighted by Crippen LogP contribution is 2.33. The molecule has 0 amide bonds. The molecule has 0 aliphatic rings. The van der Waals surface area contributed by atoms with Crippen molar-refractivity contribution in [1.82, 2.24) is 4.98 Å². The maximum atomic E-state index is 11.2. The molecule has 0 atom stereocenters. The van der Waals surface area contributed by atoms with Crippen molar-refractivity contribution < 1.29 is 23.7 Å². The van der Waals surface area contributed by atoms with Crippen LogP contribution in [0.3, 0.4) is 0 Å². The van der Waals surface area contributed by atoms with E-state index in [0.717, 1.165) is 22.6 Å². The third-order valence-electron chi connectivity index (χ3n) is 3.90. The first kappa shape index (κ1) is 18.7. The number of benzene rings is 2. The number of hydrogen-bond acceptors (Lipinski definition) is 7. The first-order chi connectivity index (χ1) is 13.2. The van der Waals surface area contributed by atoms with Crippen LogP contribution in [0.5, 0.6) is 23.0 Å². The summed E-state index contributed by atoms with van der Waals surface area (Å²) < 4.78 is 21.5. The van der Waals surface area contributed by atoms with Gasteiger partial charge in [-0.25, -0.2) is 4.98 Å². The topological polar surface area (TPSA) is 66.9 Å². The van der Waals surface area contributed by atoms with Gasteiger partial charge in [0, 0.05) is 10.9 Å². The van der Waals surface area contributed by atoms with Gasteiger partial charge in [0.25, 0.3) is 0 Å². The van der Waals surface area contributed by atoms with Crippen molar-refractivity contribution in [3.05, 3.63) is 53.0 Å². The van der Waals surface area contributed by atoms with Crippen LogP contribution >= 0.6 is 11.3 Å². The number of aldehydes is 1. The summed E-state index contributed by atoms with van der Waals surface area (Å²) in [6.07, 6.45) is 0.744. The highest BCUT2D eigenvalue weighted by molar-refractivity contribution is 7.13. The summed E-state index contributed by atoms with van der Waals surface area (Å²) >= 11 is 1.51. The zero-order valence-corrected chi connectivity index (χ0v) is 16.0. The van der Waals surface area contributed by atoms with Crippen LogP contribution in [0.4, 0.5) is 0 Å². The summed E-state index contributed by atoms with van der Waals surface area (Å²) in [6.45, 7) is 0.261. The zero-order chi connectivity index (χ0) is 19.2. The predicted molar refractivity (Wildman–Crippen MR) is 103 cm³/mol. The van der Waals surface area contributed by atoms with E-state index in [0.29, 0.717) is 28.6 Å². The summed E-state index contributed by atoms with van der Waals surface area (Å²) in [6, 6.07) is 10.8. The Kier molecular flexibility index (Phi) is 5.93. The lowest BCUT2D eigenvalue weighted by Crippen LogP contribution is -1.99. The van der Waals surface area contributed by atoms with Crippen molar-refractivity contribution in [2.24, 2.45) is 0 Å². The fraction of sp³-hybridized carbons (Fsp3) is 0.200. The highest BCUT2D eigenvalue weighted by Gasteiger charge is 2.11. The van der Waals surface area contributed by atoms with Gasteiger partial charge in [-0.3, -0.25) is 4.79 Å². The van der Waals surface area contributed by atoms with Crippen LogP contribution in [0.2, 0.25) is 0 Å². The van der Waals surface area contributed by atoms with E-state index in [1.807, 2.05) is 23.6 Å². The molecule has 7 heteroatoms. The lowest BCUT2D eigenvalue weighted by atomic mass is 10.2. The van der Waals surface area contributed by atoms with Crippen molar-refractivity contribution in [3.63, 3.8) is 0 Å². The SMILES string of the molecule is COc1ccc(OCc2csc(-c3ccc(OC)c(OC)c3)n2)c(C=O)c1. The molecule has 27 heavy (non-hydrogen) atoms. The molecule has 0 N–H and O–H groups in total. The maximum Gasteiger partial charge on any atom is 0.161 e. The average Bonchev–Trinajstić information content (AvgIpc) is 3.20. The molecule has 0 unspecified atom stereocenters. The minimum absolute atomic E-state index is 0.261.